The van der Waals surface area contributed by atoms with Crippen LogP contribution in [0.2, 0.25) is 0 Å². The van der Waals surface area contributed by atoms with Crippen LogP contribution in [-0.2, 0) is 9.59 Å². The van der Waals surface area contributed by atoms with Crippen molar-refractivity contribution in [1.82, 2.24) is 15.2 Å². The molecule has 6 rings (SSSR count). The summed E-state index contributed by atoms with van der Waals surface area (Å²) in [4.78, 5) is 32.0. The second-order valence-corrected chi connectivity index (χ2v) is 12.6. The third-order valence-electron chi connectivity index (χ3n) is 6.78. The molecule has 0 saturated carbocycles. The van der Waals surface area contributed by atoms with Gasteiger partial charge in [0.2, 0.25) is 11.0 Å². The number of fused-ring (bicyclic) bond motifs is 1. The topological polar surface area (TPSA) is 138 Å². The molecule has 0 bridgehead atoms. The number of nitrogens with zero attached hydrogens (tertiary/aromatic N) is 5. The highest BCUT2D eigenvalue weighted by molar-refractivity contribution is 8.01. The number of amides is 1. The number of Topliss-reactive ketones (excluding diaryl/α,β-unsaturated/α-hetero) is 1. The van der Waals surface area contributed by atoms with E-state index in [1.165, 1.54) is 34.4 Å². The molecule has 2 aliphatic rings. The van der Waals surface area contributed by atoms with Crippen molar-refractivity contribution in [3.63, 3.8) is 0 Å². The second-order valence-electron chi connectivity index (χ2n) is 9.40. The number of ketones is 1. The summed E-state index contributed by atoms with van der Waals surface area (Å²) < 4.78 is 1.58. The van der Waals surface area contributed by atoms with Crippen molar-refractivity contribution in [1.29, 1.82) is 5.26 Å². The van der Waals surface area contributed by atoms with E-state index in [2.05, 4.69) is 26.6 Å². The number of allylic oxidation sites excluding steroid dienone is 3. The van der Waals surface area contributed by atoms with E-state index < -0.39 is 5.92 Å². The molecule has 3 heterocycles. The van der Waals surface area contributed by atoms with Crippen LogP contribution in [0, 0.1) is 18.3 Å². The molecule has 0 spiro atoms. The molecule has 9 nitrogen and oxygen atoms in total. The lowest BCUT2D eigenvalue weighted by Gasteiger charge is -2.38. The maximum absolute atomic E-state index is 13.3. The number of thiazole rings is 1. The van der Waals surface area contributed by atoms with Gasteiger partial charge < -0.3 is 11.1 Å². The van der Waals surface area contributed by atoms with Crippen LogP contribution < -0.4 is 16.0 Å². The number of benzene rings is 2. The van der Waals surface area contributed by atoms with Gasteiger partial charge in [-0.2, -0.15) is 5.26 Å². The Morgan fingerprint density at radius 3 is 2.75 bits per heavy atom. The highest BCUT2D eigenvalue weighted by Crippen LogP contribution is 2.47. The van der Waals surface area contributed by atoms with Gasteiger partial charge in [-0.3, -0.25) is 14.5 Å². The van der Waals surface area contributed by atoms with Crippen molar-refractivity contribution in [2.24, 2.45) is 5.73 Å². The molecular formula is C28H23N7O2S3. The van der Waals surface area contributed by atoms with Gasteiger partial charge in [0.05, 0.1) is 33.5 Å². The highest BCUT2D eigenvalue weighted by Gasteiger charge is 2.41. The van der Waals surface area contributed by atoms with Gasteiger partial charge in [-0.1, -0.05) is 76.4 Å². The third-order valence-corrected chi connectivity index (χ3v) is 9.77. The fraction of sp³-hybridized carbons (Fsp3) is 0.214. The molecule has 1 unspecified atom stereocenters. The van der Waals surface area contributed by atoms with Crippen LogP contribution in [-0.4, -0.2) is 32.6 Å². The SMILES string of the molecule is Cc1ccc(C2C(C#N)=C(N)N(c3nnc(SCC(=O)Nc4nc5ccccc5s4)s3)C3=C2C(=O)CCC3)cc1. The van der Waals surface area contributed by atoms with Crippen molar-refractivity contribution in [3.05, 3.63) is 82.3 Å². The highest BCUT2D eigenvalue weighted by atomic mass is 32.2. The van der Waals surface area contributed by atoms with Crippen LogP contribution in [0.15, 0.2) is 75.5 Å². The van der Waals surface area contributed by atoms with E-state index in [-0.39, 0.29) is 23.3 Å². The van der Waals surface area contributed by atoms with E-state index in [0.717, 1.165) is 27.0 Å². The number of rotatable bonds is 6. The van der Waals surface area contributed by atoms with Crippen LogP contribution >= 0.6 is 34.4 Å². The number of aromatic nitrogens is 3. The monoisotopic (exact) mass is 585 g/mol. The fourth-order valence-electron chi connectivity index (χ4n) is 4.96. The zero-order chi connectivity index (χ0) is 27.8. The maximum atomic E-state index is 13.3. The Kier molecular flexibility index (Phi) is 7.10. The molecule has 12 heteroatoms. The van der Waals surface area contributed by atoms with Crippen LogP contribution in [0.4, 0.5) is 10.3 Å². The van der Waals surface area contributed by atoms with Gasteiger partial charge in [0.25, 0.3) is 0 Å². The number of carbonyl (C=O) groups is 2. The average molecular weight is 586 g/mol. The summed E-state index contributed by atoms with van der Waals surface area (Å²) in [5.74, 6) is -0.321. The number of nitrogens with one attached hydrogen (secondary N) is 1. The number of anilines is 2. The summed E-state index contributed by atoms with van der Waals surface area (Å²) in [5.41, 5.74) is 11.1. The van der Waals surface area contributed by atoms with Crippen LogP contribution in [0.5, 0.6) is 0 Å². The fourth-order valence-corrected chi connectivity index (χ4v) is 7.52. The van der Waals surface area contributed by atoms with Crippen LogP contribution in [0.25, 0.3) is 10.2 Å². The summed E-state index contributed by atoms with van der Waals surface area (Å²) in [5, 5.41) is 22.6. The number of nitriles is 1. The van der Waals surface area contributed by atoms with E-state index in [1.54, 1.807) is 4.90 Å². The first-order valence-electron chi connectivity index (χ1n) is 12.6. The number of nitrogens with two attached hydrogens (primary N) is 1. The lowest BCUT2D eigenvalue weighted by molar-refractivity contribution is -0.116. The van der Waals surface area contributed by atoms with Crippen molar-refractivity contribution in [2.45, 2.75) is 36.4 Å². The zero-order valence-corrected chi connectivity index (χ0v) is 23.8. The van der Waals surface area contributed by atoms with E-state index >= 15 is 0 Å². The maximum Gasteiger partial charge on any atom is 0.236 e. The van der Waals surface area contributed by atoms with Crippen molar-refractivity contribution >= 4 is 66.6 Å². The van der Waals surface area contributed by atoms with Crippen LogP contribution in [0.3, 0.4) is 0 Å². The van der Waals surface area contributed by atoms with Gasteiger partial charge in [0.15, 0.2) is 15.3 Å². The van der Waals surface area contributed by atoms with Gasteiger partial charge >= 0.3 is 0 Å². The molecule has 0 fully saturated rings. The quantitative estimate of drug-likeness (QED) is 0.281. The molecule has 2 aromatic carbocycles. The lowest BCUT2D eigenvalue weighted by atomic mass is 9.75. The predicted molar refractivity (Wildman–Crippen MR) is 158 cm³/mol. The zero-order valence-electron chi connectivity index (χ0n) is 21.4. The van der Waals surface area contributed by atoms with Gasteiger partial charge in [0.1, 0.15) is 5.82 Å². The first-order chi connectivity index (χ1) is 19.4. The smallest absolute Gasteiger partial charge is 0.236 e. The van der Waals surface area contributed by atoms with E-state index in [4.69, 9.17) is 5.73 Å². The Bertz CT molecular complexity index is 1710. The summed E-state index contributed by atoms with van der Waals surface area (Å²) in [6.45, 7) is 1.99. The molecule has 1 aliphatic heterocycles. The van der Waals surface area contributed by atoms with E-state index in [0.29, 0.717) is 45.0 Å². The summed E-state index contributed by atoms with van der Waals surface area (Å²) in [6, 6.07) is 17.8. The number of hydrogen-bond donors (Lipinski definition) is 2. The number of carbonyl (C=O) groups excluding carboxylic acids is 2. The van der Waals surface area contributed by atoms with E-state index in [1.807, 2.05) is 55.5 Å². The Morgan fingerprint density at radius 1 is 1.18 bits per heavy atom. The summed E-state index contributed by atoms with van der Waals surface area (Å²) in [6.07, 6.45) is 1.75. The number of para-hydroxylation sites is 1. The third kappa shape index (κ3) is 4.88. The van der Waals surface area contributed by atoms with Crippen molar-refractivity contribution < 1.29 is 9.59 Å². The second kappa shape index (κ2) is 10.8. The molecule has 3 N–H and O–H groups in total. The molecule has 1 aliphatic carbocycles. The minimum Gasteiger partial charge on any atom is -0.384 e. The molecule has 40 heavy (non-hydrogen) atoms. The molecule has 1 amide bonds. The van der Waals surface area contributed by atoms with Gasteiger partial charge in [-0.25, -0.2) is 4.98 Å². The van der Waals surface area contributed by atoms with Gasteiger partial charge in [-0.15, -0.1) is 10.2 Å². The van der Waals surface area contributed by atoms with E-state index in [9.17, 15) is 14.9 Å². The average Bonchev–Trinajstić information content (AvgIpc) is 3.58. The Morgan fingerprint density at radius 2 is 1.98 bits per heavy atom. The van der Waals surface area contributed by atoms with Crippen LogP contribution in [0.1, 0.15) is 36.3 Å². The number of thioether (sulfide) groups is 1. The number of hydrogen-bond acceptors (Lipinski definition) is 11. The molecule has 0 saturated heterocycles. The molecule has 0 radical (unpaired) electrons. The Balaban J connectivity index is 1.24. The minimum atomic E-state index is -0.516. The first-order valence-corrected chi connectivity index (χ1v) is 15.2. The number of aryl methyl sites for hydroxylation is 1. The molecule has 200 valence electrons. The Hall–Kier alpha value is -4.05. The molecule has 1 atom stereocenters. The Labute approximate surface area is 242 Å². The van der Waals surface area contributed by atoms with Crippen molar-refractivity contribution in [3.8, 4) is 6.07 Å². The minimum absolute atomic E-state index is 0.0164. The van der Waals surface area contributed by atoms with Crippen molar-refractivity contribution in [2.75, 3.05) is 16.0 Å². The largest absolute Gasteiger partial charge is 0.384 e. The predicted octanol–water partition coefficient (Wildman–Crippen LogP) is 5.49. The summed E-state index contributed by atoms with van der Waals surface area (Å²) >= 11 is 3.94. The normalized spacial score (nSPS) is 17.2. The van der Waals surface area contributed by atoms with Gasteiger partial charge in [-0.05, 0) is 37.5 Å². The standard InChI is InChI=1S/C28H23N7O2S3/c1-15-9-11-16(12-10-15)23-17(13-29)25(30)35(19-6-4-7-20(36)24(19)23)27-33-34-28(40-27)38-14-22(37)32-26-31-18-5-2-3-8-21(18)39-26/h2-3,5,8-12,23H,4,6-7,14,30H2,1H3,(H,31,32,37). The summed E-state index contributed by atoms with van der Waals surface area (Å²) in [7, 11) is 0. The van der Waals surface area contributed by atoms with Gasteiger partial charge in [0, 0.05) is 17.7 Å². The first kappa shape index (κ1) is 26.2. The molecule has 4 aromatic rings. The molecular weight excluding hydrogens is 563 g/mol. The lowest BCUT2D eigenvalue weighted by Crippen LogP contribution is -2.38. The molecule has 2 aromatic heterocycles.